The second kappa shape index (κ2) is 5.24. The van der Waals surface area contributed by atoms with Crippen LogP contribution in [0, 0.1) is 16.7 Å². The molecule has 1 saturated heterocycles. The van der Waals surface area contributed by atoms with Gasteiger partial charge in [-0.25, -0.2) is 4.98 Å². The molecule has 2 aromatic rings. The van der Waals surface area contributed by atoms with E-state index in [1.807, 2.05) is 0 Å². The molecule has 2 aliphatic rings. The molecule has 1 N–H and O–H groups in total. The maximum absolute atomic E-state index is 12.2. The molecule has 1 saturated carbocycles. The molecule has 0 unspecified atom stereocenters. The van der Waals surface area contributed by atoms with Gasteiger partial charge >= 0.3 is 0 Å². The summed E-state index contributed by atoms with van der Waals surface area (Å²) in [6.45, 7) is 1.73. The van der Waals surface area contributed by atoms with E-state index in [1.165, 1.54) is 19.3 Å². The molecule has 6 heteroatoms. The molecule has 3 heterocycles. The van der Waals surface area contributed by atoms with Crippen molar-refractivity contribution < 1.29 is 0 Å². The Morgan fingerprint density at radius 1 is 1.26 bits per heavy atom. The molecular weight excluding hydrogens is 312 g/mol. The lowest BCUT2D eigenvalue weighted by Crippen LogP contribution is -2.44. The zero-order valence-corrected chi connectivity index (χ0v) is 13.5. The molecule has 1 aliphatic carbocycles. The van der Waals surface area contributed by atoms with Gasteiger partial charge in [0.2, 0.25) is 0 Å². The third-order valence-electron chi connectivity index (χ3n) is 5.46. The monoisotopic (exact) mass is 328 g/mol. The van der Waals surface area contributed by atoms with Gasteiger partial charge in [0.1, 0.15) is 22.3 Å². The van der Waals surface area contributed by atoms with Crippen LogP contribution in [0.2, 0.25) is 5.15 Å². The molecule has 5 nitrogen and oxygen atoms in total. The van der Waals surface area contributed by atoms with Crippen molar-refractivity contribution in [1.29, 1.82) is 5.26 Å². The topological polar surface area (TPSA) is 72.8 Å². The largest absolute Gasteiger partial charge is 0.368 e. The average Bonchev–Trinajstić information content (AvgIpc) is 2.53. The lowest BCUT2D eigenvalue weighted by Gasteiger charge is -2.48. The average molecular weight is 329 g/mol. The molecule has 0 amide bonds. The maximum Gasteiger partial charge on any atom is 0.268 e. The second-order valence-electron chi connectivity index (χ2n) is 6.66. The Morgan fingerprint density at radius 3 is 2.61 bits per heavy atom. The number of piperidine rings is 1. The van der Waals surface area contributed by atoms with Crippen LogP contribution in [-0.2, 0) is 0 Å². The van der Waals surface area contributed by atoms with Crippen molar-refractivity contribution in [1.82, 2.24) is 9.97 Å². The van der Waals surface area contributed by atoms with E-state index in [2.05, 4.69) is 20.9 Å². The van der Waals surface area contributed by atoms with Crippen LogP contribution in [-0.4, -0.2) is 23.1 Å². The summed E-state index contributed by atoms with van der Waals surface area (Å²) in [5.74, 6) is 0. The van der Waals surface area contributed by atoms with Gasteiger partial charge < -0.3 is 9.88 Å². The van der Waals surface area contributed by atoms with Crippen LogP contribution in [0.5, 0.6) is 0 Å². The maximum atomic E-state index is 12.2. The quantitative estimate of drug-likeness (QED) is 0.816. The van der Waals surface area contributed by atoms with E-state index >= 15 is 0 Å². The molecule has 1 aliphatic heterocycles. The molecular formula is C17H17ClN4O. The molecule has 0 aromatic carbocycles. The number of aromatic nitrogens is 2. The van der Waals surface area contributed by atoms with Crippen LogP contribution >= 0.6 is 11.6 Å². The minimum atomic E-state index is -0.358. The van der Waals surface area contributed by atoms with Gasteiger partial charge in [-0.1, -0.05) is 18.0 Å². The number of hydrogen-bond donors (Lipinski definition) is 1. The minimum absolute atomic E-state index is 0.136. The van der Waals surface area contributed by atoms with Crippen molar-refractivity contribution in [2.24, 2.45) is 5.41 Å². The summed E-state index contributed by atoms with van der Waals surface area (Å²) in [5.41, 5.74) is 2.16. The normalized spacial score (nSPS) is 19.6. The van der Waals surface area contributed by atoms with Crippen molar-refractivity contribution in [3.8, 4) is 6.07 Å². The number of pyridine rings is 2. The fourth-order valence-corrected chi connectivity index (χ4v) is 4.07. The van der Waals surface area contributed by atoms with E-state index in [-0.39, 0.29) is 11.1 Å². The van der Waals surface area contributed by atoms with E-state index in [4.69, 9.17) is 11.6 Å². The fourth-order valence-electron chi connectivity index (χ4n) is 3.92. The Bertz CT molecular complexity index is 869. The number of rotatable bonds is 1. The lowest BCUT2D eigenvalue weighted by atomic mass is 9.63. The molecule has 2 aromatic heterocycles. The van der Waals surface area contributed by atoms with Gasteiger partial charge in [-0.05, 0) is 43.2 Å². The highest BCUT2D eigenvalue weighted by Gasteiger charge is 2.40. The van der Waals surface area contributed by atoms with Crippen molar-refractivity contribution in [3.63, 3.8) is 0 Å². The van der Waals surface area contributed by atoms with E-state index < -0.39 is 0 Å². The van der Waals surface area contributed by atoms with Gasteiger partial charge in [0, 0.05) is 13.1 Å². The van der Waals surface area contributed by atoms with E-state index in [9.17, 15) is 10.1 Å². The van der Waals surface area contributed by atoms with Crippen LogP contribution in [0.25, 0.3) is 11.0 Å². The van der Waals surface area contributed by atoms with Gasteiger partial charge in [-0.2, -0.15) is 5.26 Å². The number of aromatic amines is 1. The number of halogens is 1. The van der Waals surface area contributed by atoms with Crippen molar-refractivity contribution in [2.45, 2.75) is 32.1 Å². The molecule has 4 rings (SSSR count). The van der Waals surface area contributed by atoms with Gasteiger partial charge in [-0.3, -0.25) is 4.79 Å². The van der Waals surface area contributed by atoms with Crippen LogP contribution in [0.15, 0.2) is 16.9 Å². The number of hydrogen-bond acceptors (Lipinski definition) is 4. The Morgan fingerprint density at radius 2 is 2.00 bits per heavy atom. The number of fused-ring (bicyclic) bond motifs is 1. The highest BCUT2D eigenvalue weighted by molar-refractivity contribution is 6.29. The minimum Gasteiger partial charge on any atom is -0.368 e. The van der Waals surface area contributed by atoms with E-state index in [0.29, 0.717) is 27.3 Å². The number of nitrogens with zero attached hydrogens (tertiary/aromatic N) is 3. The highest BCUT2D eigenvalue weighted by Crippen LogP contribution is 2.49. The first-order chi connectivity index (χ1) is 11.1. The van der Waals surface area contributed by atoms with Crippen LogP contribution in [0.4, 0.5) is 5.69 Å². The molecule has 0 bridgehead atoms. The molecule has 1 spiro atoms. The van der Waals surface area contributed by atoms with Crippen molar-refractivity contribution >= 4 is 28.3 Å². The van der Waals surface area contributed by atoms with Gasteiger partial charge in [-0.15, -0.1) is 0 Å². The molecule has 118 valence electrons. The zero-order valence-electron chi connectivity index (χ0n) is 12.7. The first-order valence-corrected chi connectivity index (χ1v) is 8.37. The SMILES string of the molecule is N#Cc1c(N2CCC3(CCC3)CC2)c2nc(Cl)ccc2[nH]c1=O. The van der Waals surface area contributed by atoms with Gasteiger partial charge in [0.15, 0.2) is 0 Å². The Hall–Kier alpha value is -2.06. The Labute approximate surface area is 138 Å². The highest BCUT2D eigenvalue weighted by atomic mass is 35.5. The first-order valence-electron chi connectivity index (χ1n) is 7.99. The van der Waals surface area contributed by atoms with Crippen LogP contribution in [0.3, 0.4) is 0 Å². The number of anilines is 1. The zero-order chi connectivity index (χ0) is 16.0. The van der Waals surface area contributed by atoms with Crippen LogP contribution in [0.1, 0.15) is 37.7 Å². The fraction of sp³-hybridized carbons (Fsp3) is 0.471. The molecule has 23 heavy (non-hydrogen) atoms. The van der Waals surface area contributed by atoms with Crippen molar-refractivity contribution in [3.05, 3.63) is 33.2 Å². The third-order valence-corrected chi connectivity index (χ3v) is 5.67. The first kappa shape index (κ1) is 14.5. The summed E-state index contributed by atoms with van der Waals surface area (Å²) in [5, 5.41) is 9.82. The standard InChI is InChI=1S/C17H17ClN4O/c18-13-3-2-12-14(21-13)15(11(10-19)16(23)20-12)22-8-6-17(7-9-22)4-1-5-17/h2-3H,1,4-9H2,(H,20,23). The number of nitriles is 1. The summed E-state index contributed by atoms with van der Waals surface area (Å²) in [7, 11) is 0. The van der Waals surface area contributed by atoms with Crippen LogP contribution < -0.4 is 10.5 Å². The Balaban J connectivity index is 1.83. The summed E-state index contributed by atoms with van der Waals surface area (Å²) < 4.78 is 0. The third kappa shape index (κ3) is 2.29. The number of nitrogens with one attached hydrogen (secondary N) is 1. The second-order valence-corrected chi connectivity index (χ2v) is 7.05. The smallest absolute Gasteiger partial charge is 0.268 e. The van der Waals surface area contributed by atoms with Gasteiger partial charge in [0.05, 0.1) is 11.2 Å². The van der Waals surface area contributed by atoms with E-state index in [1.54, 1.807) is 12.1 Å². The predicted molar refractivity (Wildman–Crippen MR) is 89.8 cm³/mol. The van der Waals surface area contributed by atoms with Crippen molar-refractivity contribution in [2.75, 3.05) is 18.0 Å². The summed E-state index contributed by atoms with van der Waals surface area (Å²) in [6, 6.07) is 5.45. The molecule has 2 fully saturated rings. The summed E-state index contributed by atoms with van der Waals surface area (Å²) in [6.07, 6.45) is 6.19. The molecule has 0 radical (unpaired) electrons. The summed E-state index contributed by atoms with van der Waals surface area (Å²) in [4.78, 5) is 21.5. The predicted octanol–water partition coefficient (Wildman–Crippen LogP) is 3.22. The Kier molecular flexibility index (Phi) is 3.31. The summed E-state index contributed by atoms with van der Waals surface area (Å²) >= 11 is 6.04. The lowest BCUT2D eigenvalue weighted by molar-refractivity contribution is 0.0955. The number of H-pyrrole nitrogens is 1. The molecule has 0 atom stereocenters. The van der Waals surface area contributed by atoms with E-state index in [0.717, 1.165) is 25.9 Å². The van der Waals surface area contributed by atoms with Gasteiger partial charge in [0.25, 0.3) is 5.56 Å².